The molecule has 3 aromatic heterocycles. The Morgan fingerprint density at radius 2 is 1.88 bits per heavy atom. The zero-order valence-electron chi connectivity index (χ0n) is 17.7. The van der Waals surface area contributed by atoms with E-state index in [9.17, 15) is 18.0 Å². The molecule has 2 aliphatic heterocycles. The molecule has 0 aromatic carbocycles. The molecule has 2 saturated heterocycles. The van der Waals surface area contributed by atoms with Crippen LogP contribution in [-0.2, 0) is 6.18 Å². The number of aromatic nitrogens is 5. The van der Waals surface area contributed by atoms with Crippen LogP contribution in [0.25, 0.3) is 5.69 Å². The highest BCUT2D eigenvalue weighted by molar-refractivity contribution is 5.96. The number of nitrogens with zero attached hydrogens (tertiary/aromatic N) is 6. The zero-order chi connectivity index (χ0) is 23.2. The number of piperidine rings is 2. The number of ether oxygens (including phenoxy) is 1. The second-order valence-electron chi connectivity index (χ2n) is 8.32. The minimum Gasteiger partial charge on any atom is -0.472 e. The third-order valence-electron chi connectivity index (χ3n) is 6.47. The molecular formula is C22H21F3N6O2. The van der Waals surface area contributed by atoms with Gasteiger partial charge in [-0.2, -0.15) is 23.4 Å². The first kappa shape index (κ1) is 21.4. The number of amides is 1. The summed E-state index contributed by atoms with van der Waals surface area (Å²) in [6.45, 7) is 2.01. The molecule has 3 fully saturated rings. The largest absolute Gasteiger partial charge is 0.472 e. The van der Waals surface area contributed by atoms with Crippen LogP contribution in [0.2, 0.25) is 0 Å². The van der Waals surface area contributed by atoms with E-state index in [2.05, 4.69) is 20.2 Å². The Bertz CT molecular complexity index is 1140. The highest BCUT2D eigenvalue weighted by Gasteiger charge is 2.49. The van der Waals surface area contributed by atoms with Crippen molar-refractivity contribution in [1.82, 2.24) is 29.9 Å². The normalized spacial score (nSPS) is 24.7. The summed E-state index contributed by atoms with van der Waals surface area (Å²) in [5.41, 5.74) is -0.122. The molecule has 8 nitrogen and oxygen atoms in total. The third-order valence-corrected chi connectivity index (χ3v) is 6.47. The number of hydrogen-bond donors (Lipinski definition) is 0. The molecule has 1 amide bonds. The van der Waals surface area contributed by atoms with Gasteiger partial charge < -0.3 is 9.64 Å². The molecule has 1 saturated carbocycles. The van der Waals surface area contributed by atoms with Gasteiger partial charge in [0.05, 0.1) is 24.0 Å². The number of carbonyl (C=O) groups excluding carboxylic acids is 1. The molecule has 0 spiro atoms. The summed E-state index contributed by atoms with van der Waals surface area (Å²) in [6.07, 6.45) is 2.91. The molecular weight excluding hydrogens is 437 g/mol. The molecule has 1 aliphatic carbocycles. The minimum atomic E-state index is -4.46. The maximum absolute atomic E-state index is 13.7. The molecule has 0 N–H and O–H groups in total. The number of hydrogen-bond acceptors (Lipinski definition) is 6. The van der Waals surface area contributed by atoms with Crippen LogP contribution in [0, 0.1) is 5.92 Å². The number of fused-ring (bicyclic) bond motifs is 3. The maximum atomic E-state index is 13.7. The summed E-state index contributed by atoms with van der Waals surface area (Å²) in [5.74, 6) is 0.0621. The van der Waals surface area contributed by atoms with Gasteiger partial charge in [-0.3, -0.25) is 4.79 Å². The smallest absolute Gasteiger partial charge is 0.417 e. The molecule has 3 aliphatic rings. The number of alkyl halides is 3. The fourth-order valence-corrected chi connectivity index (χ4v) is 4.85. The highest BCUT2D eigenvalue weighted by atomic mass is 19.4. The van der Waals surface area contributed by atoms with Crippen LogP contribution in [0.1, 0.15) is 42.2 Å². The van der Waals surface area contributed by atoms with Crippen molar-refractivity contribution >= 4 is 5.91 Å². The standard InChI is InChI=1S/C22H21F3N6O2/c1-13-14-4-6-16(18(11-14)33-19-7-5-15(12-27-19)22(23,24)25)30(13)21(32)20-17(3-2-8-26-20)31-28-9-10-29-31/h2-3,5,7-10,12-14,16,18H,4,6,11H2,1H3. The van der Waals surface area contributed by atoms with Crippen molar-refractivity contribution in [1.29, 1.82) is 0 Å². The van der Waals surface area contributed by atoms with E-state index in [0.717, 1.165) is 25.1 Å². The van der Waals surface area contributed by atoms with E-state index in [1.807, 2.05) is 6.92 Å². The van der Waals surface area contributed by atoms with Crippen molar-refractivity contribution in [3.05, 3.63) is 60.3 Å². The first-order valence-electron chi connectivity index (χ1n) is 10.7. The van der Waals surface area contributed by atoms with E-state index in [0.29, 0.717) is 12.1 Å². The van der Waals surface area contributed by atoms with Crippen LogP contribution in [0.5, 0.6) is 5.88 Å². The fraction of sp³-hybridized carbons (Fsp3) is 0.409. The van der Waals surface area contributed by atoms with Crippen LogP contribution < -0.4 is 4.74 Å². The molecule has 33 heavy (non-hydrogen) atoms. The summed E-state index contributed by atoms with van der Waals surface area (Å²) in [4.78, 5) is 25.0. The van der Waals surface area contributed by atoms with Crippen LogP contribution in [-0.4, -0.2) is 54.0 Å². The number of carbonyl (C=O) groups is 1. The van der Waals surface area contributed by atoms with E-state index < -0.39 is 11.7 Å². The second-order valence-corrected chi connectivity index (χ2v) is 8.32. The average molecular weight is 458 g/mol. The summed E-state index contributed by atoms with van der Waals surface area (Å²) in [5, 5.41) is 8.24. The Hall–Kier alpha value is -3.50. The maximum Gasteiger partial charge on any atom is 0.417 e. The van der Waals surface area contributed by atoms with Gasteiger partial charge in [0.15, 0.2) is 5.69 Å². The lowest BCUT2D eigenvalue weighted by Gasteiger charge is -2.53. The molecule has 3 aromatic rings. The van der Waals surface area contributed by atoms with E-state index in [1.165, 1.54) is 23.3 Å². The predicted octanol–water partition coefficient (Wildman–Crippen LogP) is 3.54. The van der Waals surface area contributed by atoms with Gasteiger partial charge in [-0.1, -0.05) is 0 Å². The van der Waals surface area contributed by atoms with E-state index in [-0.39, 0.29) is 41.6 Å². The molecule has 2 bridgehead atoms. The van der Waals surface area contributed by atoms with Crippen LogP contribution in [0.3, 0.4) is 0 Å². The van der Waals surface area contributed by atoms with Crippen LogP contribution in [0.4, 0.5) is 13.2 Å². The second kappa shape index (κ2) is 8.13. The zero-order valence-corrected chi connectivity index (χ0v) is 17.7. The van der Waals surface area contributed by atoms with Gasteiger partial charge in [0.25, 0.3) is 5.91 Å². The first-order chi connectivity index (χ1) is 15.8. The molecule has 11 heteroatoms. The number of rotatable bonds is 4. The number of halogens is 3. The van der Waals surface area contributed by atoms with Gasteiger partial charge >= 0.3 is 6.18 Å². The lowest BCUT2D eigenvalue weighted by molar-refractivity contribution is -0.137. The lowest BCUT2D eigenvalue weighted by atomic mass is 9.73. The fourth-order valence-electron chi connectivity index (χ4n) is 4.85. The molecule has 172 valence electrons. The SMILES string of the molecule is CC1C2CCC(C(Oc3ccc(C(F)(F)F)cn3)C2)N1C(=O)c1ncccc1-n1nccn1. The van der Waals surface area contributed by atoms with Crippen LogP contribution in [0.15, 0.2) is 49.1 Å². The van der Waals surface area contributed by atoms with Crippen molar-refractivity contribution in [2.24, 2.45) is 5.92 Å². The van der Waals surface area contributed by atoms with Crippen molar-refractivity contribution in [2.45, 2.75) is 50.6 Å². The first-order valence-corrected chi connectivity index (χ1v) is 10.7. The Kier molecular flexibility index (Phi) is 5.26. The third kappa shape index (κ3) is 3.91. The topological polar surface area (TPSA) is 86.0 Å². The average Bonchev–Trinajstić information content (AvgIpc) is 3.34. The van der Waals surface area contributed by atoms with E-state index >= 15 is 0 Å². The van der Waals surface area contributed by atoms with Gasteiger partial charge in [-0.15, -0.1) is 4.80 Å². The molecule has 6 rings (SSSR count). The quantitative estimate of drug-likeness (QED) is 0.595. The van der Waals surface area contributed by atoms with Crippen molar-refractivity contribution in [2.75, 3.05) is 0 Å². The molecule has 0 radical (unpaired) electrons. The number of pyridine rings is 2. The molecule has 4 unspecified atom stereocenters. The Morgan fingerprint density at radius 1 is 1.09 bits per heavy atom. The predicted molar refractivity (Wildman–Crippen MR) is 110 cm³/mol. The summed E-state index contributed by atoms with van der Waals surface area (Å²) in [7, 11) is 0. The van der Waals surface area contributed by atoms with Crippen molar-refractivity contribution in [3.8, 4) is 11.6 Å². The van der Waals surface area contributed by atoms with Crippen LogP contribution >= 0.6 is 0 Å². The molecule has 4 atom stereocenters. The van der Waals surface area contributed by atoms with E-state index in [1.54, 1.807) is 23.2 Å². The summed E-state index contributed by atoms with van der Waals surface area (Å²) in [6, 6.07) is 5.34. The van der Waals surface area contributed by atoms with Gasteiger partial charge in [-0.25, -0.2) is 9.97 Å². The minimum absolute atomic E-state index is 0.0305. The van der Waals surface area contributed by atoms with Crippen molar-refractivity contribution < 1.29 is 22.7 Å². The van der Waals surface area contributed by atoms with Crippen molar-refractivity contribution in [3.63, 3.8) is 0 Å². The lowest BCUT2D eigenvalue weighted by Crippen LogP contribution is -2.63. The van der Waals surface area contributed by atoms with Gasteiger partial charge in [0.2, 0.25) is 5.88 Å². The Labute approximate surface area is 187 Å². The van der Waals surface area contributed by atoms with E-state index in [4.69, 9.17) is 4.74 Å². The Balaban J connectivity index is 1.41. The highest BCUT2D eigenvalue weighted by Crippen LogP contribution is 2.42. The van der Waals surface area contributed by atoms with Gasteiger partial charge in [0.1, 0.15) is 11.8 Å². The summed E-state index contributed by atoms with van der Waals surface area (Å²) < 4.78 is 44.5. The monoisotopic (exact) mass is 458 g/mol. The Morgan fingerprint density at radius 3 is 2.58 bits per heavy atom. The van der Waals surface area contributed by atoms with Gasteiger partial charge in [0, 0.05) is 24.5 Å². The summed E-state index contributed by atoms with van der Waals surface area (Å²) >= 11 is 0. The molecule has 5 heterocycles. The van der Waals surface area contributed by atoms with Gasteiger partial charge in [-0.05, 0) is 50.3 Å².